The maximum atomic E-state index is 14.3. The zero-order chi connectivity index (χ0) is 18.8. The van der Waals surface area contributed by atoms with E-state index < -0.39 is 0 Å². The number of aryl methyl sites for hydroxylation is 1. The monoisotopic (exact) mass is 356 g/mol. The molecule has 0 saturated heterocycles. The number of carbonyl (C=O) groups is 1. The van der Waals surface area contributed by atoms with Crippen molar-refractivity contribution in [2.45, 2.75) is 33.7 Å². The van der Waals surface area contributed by atoms with Gasteiger partial charge in [0.25, 0.3) is 5.56 Å². The molecule has 0 atom stereocenters. The number of pyridine rings is 2. The first-order valence-corrected chi connectivity index (χ1v) is 8.46. The third-order valence-corrected chi connectivity index (χ3v) is 4.39. The molecule has 6 nitrogen and oxygen atoms in total. The van der Waals surface area contributed by atoms with Crippen LogP contribution in [-0.2, 0) is 17.8 Å². The maximum Gasteiger partial charge on any atom is 0.274 e. The molecule has 3 aromatic rings. The van der Waals surface area contributed by atoms with E-state index in [-0.39, 0.29) is 23.6 Å². The molecule has 0 radical (unpaired) electrons. The highest BCUT2D eigenvalue weighted by molar-refractivity contribution is 5.83. The highest BCUT2D eigenvalue weighted by Crippen LogP contribution is 2.26. The number of nitrogens with zero attached hydrogens (tertiary/aromatic N) is 2. The molecule has 0 aliphatic rings. The predicted octanol–water partition coefficient (Wildman–Crippen LogP) is 2.99. The van der Waals surface area contributed by atoms with Crippen LogP contribution in [-0.4, -0.2) is 20.9 Å². The first-order valence-electron chi connectivity index (χ1n) is 8.46. The SMILES string of the molecule is Cc1c(Cn2cccc(NC=O)c2=O)[nH]c2c(CC(C)C)c(F)cnc12. The number of H-pyrrole nitrogens is 1. The van der Waals surface area contributed by atoms with Gasteiger partial charge in [0.2, 0.25) is 6.41 Å². The average Bonchev–Trinajstić information content (AvgIpc) is 2.90. The van der Waals surface area contributed by atoms with Crippen molar-refractivity contribution in [2.24, 2.45) is 5.92 Å². The second kappa shape index (κ2) is 7.11. The van der Waals surface area contributed by atoms with Crippen molar-refractivity contribution >= 4 is 23.1 Å². The number of fused-ring (bicyclic) bond motifs is 1. The number of aromatic nitrogens is 3. The summed E-state index contributed by atoms with van der Waals surface area (Å²) in [7, 11) is 0. The van der Waals surface area contributed by atoms with E-state index in [0.29, 0.717) is 35.3 Å². The molecule has 136 valence electrons. The summed E-state index contributed by atoms with van der Waals surface area (Å²) in [5.41, 5.74) is 3.58. The minimum atomic E-state index is -0.326. The van der Waals surface area contributed by atoms with Crippen molar-refractivity contribution in [1.82, 2.24) is 14.5 Å². The van der Waals surface area contributed by atoms with E-state index in [1.54, 1.807) is 18.3 Å². The largest absolute Gasteiger partial charge is 0.355 e. The Morgan fingerprint density at radius 2 is 2.19 bits per heavy atom. The lowest BCUT2D eigenvalue weighted by Gasteiger charge is -2.08. The number of nitrogens with one attached hydrogen (secondary N) is 2. The molecule has 2 N–H and O–H groups in total. The van der Waals surface area contributed by atoms with Gasteiger partial charge >= 0.3 is 0 Å². The van der Waals surface area contributed by atoms with Crippen molar-refractivity contribution in [3.63, 3.8) is 0 Å². The van der Waals surface area contributed by atoms with Crippen molar-refractivity contribution in [2.75, 3.05) is 5.32 Å². The zero-order valence-corrected chi connectivity index (χ0v) is 15.0. The number of hydrogen-bond acceptors (Lipinski definition) is 3. The molecule has 0 spiro atoms. The summed E-state index contributed by atoms with van der Waals surface area (Å²) in [6.45, 7) is 6.25. The van der Waals surface area contributed by atoms with E-state index in [2.05, 4.69) is 15.3 Å². The highest BCUT2D eigenvalue weighted by Gasteiger charge is 2.17. The molecule has 3 heterocycles. The second-order valence-corrected chi connectivity index (χ2v) is 6.75. The van der Waals surface area contributed by atoms with Crippen molar-refractivity contribution in [1.29, 1.82) is 0 Å². The Morgan fingerprint density at radius 1 is 1.42 bits per heavy atom. The molecule has 7 heteroatoms. The van der Waals surface area contributed by atoms with Crippen LogP contribution in [0, 0.1) is 18.7 Å². The number of hydrogen-bond donors (Lipinski definition) is 2. The van der Waals surface area contributed by atoms with Crippen LogP contribution < -0.4 is 10.9 Å². The fourth-order valence-corrected chi connectivity index (χ4v) is 3.10. The van der Waals surface area contributed by atoms with Crippen molar-refractivity contribution < 1.29 is 9.18 Å². The molecular weight excluding hydrogens is 335 g/mol. The lowest BCUT2D eigenvalue weighted by Crippen LogP contribution is -2.23. The van der Waals surface area contributed by atoms with Gasteiger partial charge in [-0.25, -0.2) is 4.39 Å². The average molecular weight is 356 g/mol. The van der Waals surface area contributed by atoms with E-state index in [1.807, 2.05) is 20.8 Å². The summed E-state index contributed by atoms with van der Waals surface area (Å²) >= 11 is 0. The van der Waals surface area contributed by atoms with Gasteiger partial charge in [-0.15, -0.1) is 0 Å². The minimum Gasteiger partial charge on any atom is -0.355 e. The predicted molar refractivity (Wildman–Crippen MR) is 98.8 cm³/mol. The first kappa shape index (κ1) is 17.8. The van der Waals surface area contributed by atoms with Gasteiger partial charge in [0.1, 0.15) is 11.5 Å². The third-order valence-electron chi connectivity index (χ3n) is 4.39. The second-order valence-electron chi connectivity index (χ2n) is 6.75. The summed E-state index contributed by atoms with van der Waals surface area (Å²) in [5, 5.41) is 2.40. The topological polar surface area (TPSA) is 79.8 Å². The van der Waals surface area contributed by atoms with Gasteiger partial charge in [-0.05, 0) is 37.0 Å². The van der Waals surface area contributed by atoms with Crippen LogP contribution in [0.15, 0.2) is 29.3 Å². The van der Waals surface area contributed by atoms with Gasteiger partial charge in [0.05, 0.1) is 23.8 Å². The van der Waals surface area contributed by atoms with Crippen LogP contribution in [0.5, 0.6) is 0 Å². The molecule has 3 aromatic heterocycles. The molecule has 0 fully saturated rings. The molecule has 0 aromatic carbocycles. The molecule has 0 unspecified atom stereocenters. The number of amides is 1. The van der Waals surface area contributed by atoms with Gasteiger partial charge in [-0.2, -0.15) is 0 Å². The van der Waals surface area contributed by atoms with Crippen molar-refractivity contribution in [3.05, 3.63) is 57.5 Å². The van der Waals surface area contributed by atoms with Gasteiger partial charge in [-0.3, -0.25) is 14.6 Å². The maximum absolute atomic E-state index is 14.3. The summed E-state index contributed by atoms with van der Waals surface area (Å²) in [5.74, 6) is -0.0239. The smallest absolute Gasteiger partial charge is 0.274 e. The fraction of sp³-hybridized carbons (Fsp3) is 0.316. The summed E-state index contributed by atoms with van der Waals surface area (Å²) in [4.78, 5) is 30.5. The molecule has 26 heavy (non-hydrogen) atoms. The van der Waals surface area contributed by atoms with Gasteiger partial charge in [0.15, 0.2) is 0 Å². The van der Waals surface area contributed by atoms with Crippen LogP contribution in [0.3, 0.4) is 0 Å². The number of aromatic amines is 1. The Balaban J connectivity index is 2.07. The molecule has 0 aliphatic heterocycles. The third kappa shape index (κ3) is 3.24. The minimum absolute atomic E-state index is 0.209. The molecule has 0 saturated carbocycles. The molecule has 0 aliphatic carbocycles. The van der Waals surface area contributed by atoms with E-state index in [9.17, 15) is 14.0 Å². The summed E-state index contributed by atoms with van der Waals surface area (Å²) in [6.07, 6.45) is 3.97. The standard InChI is InChI=1S/C19H21FN4O2/c1-11(2)7-13-14(20)8-21-17-12(3)16(23-18(13)17)9-24-6-4-5-15(19(24)26)22-10-25/h4-6,8,10-11,23H,7,9H2,1-3H3,(H,22,25). The van der Waals surface area contributed by atoms with Gasteiger partial charge in [-0.1, -0.05) is 13.8 Å². The number of halogens is 1. The van der Waals surface area contributed by atoms with E-state index >= 15 is 0 Å². The van der Waals surface area contributed by atoms with Crippen molar-refractivity contribution in [3.8, 4) is 0 Å². The lowest BCUT2D eigenvalue weighted by atomic mass is 10.0. The Morgan fingerprint density at radius 3 is 2.88 bits per heavy atom. The first-order chi connectivity index (χ1) is 12.4. The Labute approximate surface area is 150 Å². The molecular formula is C19H21FN4O2. The Bertz CT molecular complexity index is 1020. The summed E-state index contributed by atoms with van der Waals surface area (Å²) in [6, 6.07) is 3.23. The van der Waals surface area contributed by atoms with Crippen LogP contribution >= 0.6 is 0 Å². The quantitative estimate of drug-likeness (QED) is 0.667. The highest BCUT2D eigenvalue weighted by atomic mass is 19.1. The number of anilines is 1. The zero-order valence-electron chi connectivity index (χ0n) is 15.0. The van der Waals surface area contributed by atoms with E-state index in [1.165, 1.54) is 10.8 Å². The number of rotatable bonds is 6. The molecule has 1 amide bonds. The van der Waals surface area contributed by atoms with Gasteiger partial charge < -0.3 is 14.9 Å². The normalized spacial score (nSPS) is 11.3. The van der Waals surface area contributed by atoms with Crippen LogP contribution in [0.1, 0.15) is 30.7 Å². The van der Waals surface area contributed by atoms with Crippen LogP contribution in [0.2, 0.25) is 0 Å². The lowest BCUT2D eigenvalue weighted by molar-refractivity contribution is -0.105. The van der Waals surface area contributed by atoms with Gasteiger partial charge in [0, 0.05) is 17.5 Å². The number of carbonyl (C=O) groups excluding carboxylic acids is 1. The Hall–Kier alpha value is -2.96. The summed E-state index contributed by atoms with van der Waals surface area (Å²) < 4.78 is 15.8. The molecule has 0 bridgehead atoms. The van der Waals surface area contributed by atoms with Crippen LogP contribution in [0.25, 0.3) is 11.0 Å². The van der Waals surface area contributed by atoms with E-state index in [4.69, 9.17) is 0 Å². The fourth-order valence-electron chi connectivity index (χ4n) is 3.10. The van der Waals surface area contributed by atoms with E-state index in [0.717, 1.165) is 11.3 Å². The Kier molecular flexibility index (Phi) is 4.88. The van der Waals surface area contributed by atoms with Crippen LogP contribution in [0.4, 0.5) is 10.1 Å². The molecule has 3 rings (SSSR count).